The first-order chi connectivity index (χ1) is 2.00. The molecule has 0 aliphatic rings. The summed E-state index contributed by atoms with van der Waals surface area (Å²) in [6.45, 7) is 8.00. The van der Waals surface area contributed by atoms with Gasteiger partial charge in [0.1, 0.15) is 0 Å². The van der Waals surface area contributed by atoms with Gasteiger partial charge in [-0.15, -0.1) is 0 Å². The van der Waals surface area contributed by atoms with Crippen LogP contribution in [0, 0.1) is 0 Å². The van der Waals surface area contributed by atoms with Crippen LogP contribution in [0.4, 0.5) is 0 Å². The van der Waals surface area contributed by atoms with Gasteiger partial charge in [0.25, 0.3) is 0 Å². The van der Waals surface area contributed by atoms with Crippen LogP contribution in [0.5, 0.6) is 0 Å². The van der Waals surface area contributed by atoms with Gasteiger partial charge in [-0.25, -0.2) is 0 Å². The van der Waals surface area contributed by atoms with Gasteiger partial charge < -0.3 is 0 Å². The molecular formula is C4H140. The van der Waals surface area contributed by atoms with Crippen molar-refractivity contribution in [3.63, 3.8) is 0 Å². The minimum Gasteiger partial charge on any atom is -0.0683 e. The van der Waals surface area contributed by atoms with Crippen molar-refractivity contribution in [1.29, 1.82) is 0 Å². The van der Waals surface area contributed by atoms with Crippen LogP contribution in [0.1, 0.15) is 119 Å². The largest absolute Gasteiger partial charge is 0.0683 e. The zero-order valence-electron chi connectivity index (χ0n) is 4.00. The molecule has 0 rings (SSSR count). The normalized spacial score (nSPS) is 3.00. The second kappa shape index (κ2) is 0. The molecule has 0 saturated heterocycles. The maximum atomic E-state index is 2.00. The van der Waals surface area contributed by atoms with Crippen molar-refractivity contribution in [3.05, 3.63) is 0 Å². The van der Waals surface area contributed by atoms with Crippen LogP contribution in [-0.4, -0.2) is 0 Å². The highest BCUT2D eigenvalue weighted by atomic mass is 13.0. The van der Waals surface area contributed by atoms with E-state index in [9.17, 15) is 0 Å². The van der Waals surface area contributed by atoms with E-state index < -0.39 is 0 Å². The Morgan fingerprint density at radius 2 is 0.750 bits per heavy atom. The highest BCUT2D eigenvalue weighted by molar-refractivity contribution is 3.51. The molecule has 0 saturated carbocycles. The summed E-state index contributed by atoms with van der Waals surface area (Å²) >= 11 is 0. The van der Waals surface area contributed by atoms with Gasteiger partial charge in [0.15, 0.2) is 0 Å². The molecule has 0 atom stereocenters. The molecule has 0 radical (unpaired) electrons. The molecule has 0 nitrogen and oxygen atoms in total. The first-order valence-corrected chi connectivity index (χ1v) is 2.00. The van der Waals surface area contributed by atoms with Gasteiger partial charge >= 0.3 is 0 Å². The summed E-state index contributed by atoms with van der Waals surface area (Å²) in [5.74, 6) is 0. The van der Waals surface area contributed by atoms with Gasteiger partial charge in [-0.1, -0.05) is 27.7 Å². The van der Waals surface area contributed by atoms with Gasteiger partial charge in [0.05, 0.1) is 0 Å². The van der Waals surface area contributed by atoms with E-state index in [0.29, 0.717) is 0 Å². The molecule has 0 aromatic rings. The molecule has 0 spiro atoms. The maximum absolute atomic E-state index is 2.00. The van der Waals surface area contributed by atoms with Crippen molar-refractivity contribution in [1.82, 2.24) is 0 Å². The third-order valence-electron chi connectivity index (χ3n) is 0. The van der Waals surface area contributed by atoms with Crippen LogP contribution in [-0.2, 0) is 0 Å². The molecule has 0 amide bonds. The Morgan fingerprint density at radius 1 is 0.750 bits per heavy atom. The lowest BCUT2D eigenvalue weighted by Crippen LogP contribution is -0.856. The molecular weight excluding hydrogens is 48.0 g/mol. The molecule has 0 N–H and O–H groups in total. The van der Waals surface area contributed by atoms with Crippen molar-refractivity contribution in [2.24, 2.45) is 0 Å². The molecule has 0 aromatic heterocycles. The quantitative estimate of drug-likeness (QED) is 0.355. The van der Waals surface area contributed by atoms with Gasteiger partial charge in [0, 0.05) is 91.3 Å². The lowest BCUT2D eigenvalue weighted by molar-refractivity contribution is 1.50. The summed E-state index contributed by atoms with van der Waals surface area (Å²) in [5.41, 5.74) is 0. The van der Waals surface area contributed by atoms with Gasteiger partial charge in [-0.3, -0.25) is 0 Å². The first kappa shape index (κ1) is 9.00. The summed E-state index contributed by atoms with van der Waals surface area (Å²) in [6.07, 6.45) is 0. The SMILES string of the molecule is CC.CC.[HH].[HH].[HH].[HH].[HH].[HH].[HH].[HH].[HH].[HH].[HH].[HH].[HH].[HH].[HH].[HH].[HH].[HH].[HH].[HH].[HH].[HH].[HH].[HH].[HH].[HH].[HH].[HH].[HH].[HH].[HH].[HH].[HH].[HH].[HH].[HH].[HH].[HH].[HH].[HH].[HH].[HH].[HH].[HH].[HH].[HH].[HH].[HH].[HH].[HH].[HH].[HH].[HH].[HH].[HH].[HH].[HH].[HH].[HH].[HH].[HH].[HH].[HH].[HH]. The summed E-state index contributed by atoms with van der Waals surface area (Å²) in [5, 5.41) is 0. The number of rotatable bonds is 0. The van der Waals surface area contributed by atoms with Crippen LogP contribution in [0.15, 0.2) is 0 Å². The zero-order chi connectivity index (χ0) is 4.00. The molecule has 156 valence electrons. The van der Waals surface area contributed by atoms with Gasteiger partial charge in [0.2, 0.25) is 0 Å². The standard InChI is InChI=1S/2C2H6.64H2/c2*1-2;;;;;;;;;;;;;;;;;;;;;;;;;;;;;;;;;;;;;;;;;;;;;;;;;;;;;;;;;;;;;;;;/h2*1-2H3;64*1H. The van der Waals surface area contributed by atoms with E-state index >= 15 is 0 Å². The second-order valence-electron chi connectivity index (χ2n) is 0. The highest BCUT2D eigenvalue weighted by Gasteiger charge is 0.934. The van der Waals surface area contributed by atoms with E-state index in [0.717, 1.165) is 0 Å². The van der Waals surface area contributed by atoms with Crippen molar-refractivity contribution >= 4 is 0 Å². The third-order valence-corrected chi connectivity index (χ3v) is 0. The zero-order valence-corrected chi connectivity index (χ0v) is 4.00. The van der Waals surface area contributed by atoms with Crippen LogP contribution < -0.4 is 0 Å². The predicted molar refractivity (Wildman–Crippen MR) is 158 cm³/mol. The molecule has 0 aliphatic heterocycles. The summed E-state index contributed by atoms with van der Waals surface area (Å²) < 4.78 is 0. The van der Waals surface area contributed by atoms with Crippen LogP contribution in [0.2, 0.25) is 0 Å². The average Bonchev–Trinajstić information content (AvgIpc) is 1.50. The lowest BCUT2D eigenvalue weighted by Gasteiger charge is -1.07. The maximum Gasteiger partial charge on any atom is 0 e. The minimum absolute atomic E-state index is 0. The minimum atomic E-state index is 0. The topological polar surface area (TPSA) is 0 Å². The Balaban J connectivity index is -0.00000000000947. The van der Waals surface area contributed by atoms with Crippen molar-refractivity contribution < 1.29 is 91.3 Å². The van der Waals surface area contributed by atoms with E-state index in [4.69, 9.17) is 0 Å². The van der Waals surface area contributed by atoms with Crippen LogP contribution >= 0.6 is 0 Å². The fraction of sp³-hybridized carbons (Fsp3) is 1.00. The number of hydrogen-bond donors (Lipinski definition) is 0. The molecule has 0 heterocycles. The Bertz CT molecular complexity index is 21.9. The van der Waals surface area contributed by atoms with E-state index in [2.05, 4.69) is 0 Å². The Labute approximate surface area is 124 Å². The fourth-order valence-corrected chi connectivity index (χ4v) is 0. The fourth-order valence-electron chi connectivity index (χ4n) is 0. The molecule has 0 fully saturated rings. The smallest absolute Gasteiger partial charge is 0 e. The Morgan fingerprint density at radius 3 is 0.750 bits per heavy atom. The van der Waals surface area contributed by atoms with Gasteiger partial charge in [-0.05, 0) is 0 Å². The van der Waals surface area contributed by atoms with Crippen molar-refractivity contribution in [2.45, 2.75) is 27.7 Å². The summed E-state index contributed by atoms with van der Waals surface area (Å²) in [6, 6.07) is 0. The first-order valence-electron chi connectivity index (χ1n) is 2.00. The molecule has 4 heavy (non-hydrogen) atoms. The van der Waals surface area contributed by atoms with Crippen LogP contribution in [0.25, 0.3) is 0 Å². The monoisotopic (exact) mass is 189 g/mol. The Kier molecular flexibility index (Phi) is 0. The lowest BCUT2D eigenvalue weighted by atomic mass is 11.0. The van der Waals surface area contributed by atoms with Crippen LogP contribution in [0.3, 0.4) is 0 Å². The van der Waals surface area contributed by atoms with E-state index in [-0.39, 0.29) is 91.3 Å². The Hall–Kier alpha value is 0. The number of hydrogen-bond acceptors (Lipinski definition) is 0. The molecule has 0 aromatic carbocycles. The van der Waals surface area contributed by atoms with Crippen molar-refractivity contribution in [3.8, 4) is 0 Å². The summed E-state index contributed by atoms with van der Waals surface area (Å²) in [7, 11) is 0. The third kappa shape index (κ3) is 0. The van der Waals surface area contributed by atoms with Gasteiger partial charge in [-0.2, -0.15) is 0 Å². The van der Waals surface area contributed by atoms with E-state index in [1.54, 1.807) is 0 Å². The molecule has 0 bridgehead atoms. The van der Waals surface area contributed by atoms with E-state index in [1.807, 2.05) is 27.7 Å². The predicted octanol–water partition coefficient (Wildman–Crippen LogP) is 17.8. The average molecular weight is 189 g/mol. The molecule has 0 aliphatic carbocycles. The van der Waals surface area contributed by atoms with Crippen molar-refractivity contribution in [2.75, 3.05) is 0 Å². The van der Waals surface area contributed by atoms with E-state index in [1.165, 1.54) is 0 Å². The second-order valence-corrected chi connectivity index (χ2v) is 0. The molecule has 0 unspecified atom stereocenters. The summed E-state index contributed by atoms with van der Waals surface area (Å²) in [4.78, 5) is 0. The molecule has 0 heteroatoms. The highest BCUT2D eigenvalue weighted by Crippen LogP contribution is 1.15.